The Kier molecular flexibility index (Phi) is 9.37. The molecular weight excluding hydrogens is 455 g/mol. The first kappa shape index (κ1) is 28.4. The number of amides is 2. The van der Waals surface area contributed by atoms with Crippen LogP contribution in [0.5, 0.6) is 0 Å². The maximum absolute atomic E-state index is 13.2. The molecule has 0 aromatic rings. The predicted molar refractivity (Wildman–Crippen MR) is 119 cm³/mol. The first-order chi connectivity index (χ1) is 15.8. The van der Waals surface area contributed by atoms with Crippen LogP contribution in [0.4, 0.5) is 13.2 Å². The van der Waals surface area contributed by atoms with Crippen molar-refractivity contribution in [2.24, 2.45) is 11.3 Å². The van der Waals surface area contributed by atoms with Crippen molar-refractivity contribution in [1.82, 2.24) is 14.7 Å². The van der Waals surface area contributed by atoms with Gasteiger partial charge in [-0.3, -0.25) is 9.59 Å². The Balaban J connectivity index is 0.000000509. The Morgan fingerprint density at radius 1 is 1.09 bits per heavy atom. The summed E-state index contributed by atoms with van der Waals surface area (Å²) in [6.07, 6.45) is 0.278. The third kappa shape index (κ3) is 6.62. The molecule has 0 unspecified atom stereocenters. The lowest BCUT2D eigenvalue weighted by atomic mass is 9.71. The van der Waals surface area contributed by atoms with Gasteiger partial charge in [-0.2, -0.15) is 13.2 Å². The van der Waals surface area contributed by atoms with Gasteiger partial charge in [0.2, 0.25) is 11.8 Å². The molecule has 3 aliphatic rings. The van der Waals surface area contributed by atoms with E-state index < -0.39 is 12.1 Å². The SMILES string of the molecule is COCCN1CCC2(CC1)CC1(CCN(C(=O)CC(C)C)CC1)N(C)C2=O.O=C(O)C(F)(F)F. The first-order valence-corrected chi connectivity index (χ1v) is 11.8. The molecule has 0 saturated carbocycles. The number of ether oxygens (including phenoxy) is 1. The van der Waals surface area contributed by atoms with Crippen LogP contribution in [-0.2, 0) is 19.1 Å². The number of likely N-dealkylation sites (tertiary alicyclic amines) is 3. The van der Waals surface area contributed by atoms with E-state index >= 15 is 0 Å². The normalized spacial score (nSPS) is 22.3. The van der Waals surface area contributed by atoms with Gasteiger partial charge in [0.1, 0.15) is 0 Å². The molecule has 2 spiro atoms. The van der Waals surface area contributed by atoms with Gasteiger partial charge < -0.3 is 24.5 Å². The highest BCUT2D eigenvalue weighted by molar-refractivity contribution is 5.86. The zero-order chi connectivity index (χ0) is 25.7. The number of carbonyl (C=O) groups is 3. The number of alkyl halides is 3. The van der Waals surface area contributed by atoms with E-state index in [1.165, 1.54) is 0 Å². The quantitative estimate of drug-likeness (QED) is 0.633. The minimum atomic E-state index is -5.08. The number of methoxy groups -OCH3 is 1. The highest BCUT2D eigenvalue weighted by atomic mass is 19.4. The summed E-state index contributed by atoms with van der Waals surface area (Å²) in [5.74, 6) is -1.74. The van der Waals surface area contributed by atoms with Crippen molar-refractivity contribution in [2.75, 3.05) is 53.5 Å². The fraction of sp³-hybridized carbons (Fsp3) is 0.870. The van der Waals surface area contributed by atoms with Gasteiger partial charge >= 0.3 is 12.1 Å². The molecule has 34 heavy (non-hydrogen) atoms. The fourth-order valence-electron chi connectivity index (χ4n) is 5.37. The van der Waals surface area contributed by atoms with Crippen molar-refractivity contribution in [3.8, 4) is 0 Å². The number of nitrogens with zero attached hydrogens (tertiary/aromatic N) is 3. The van der Waals surface area contributed by atoms with Crippen LogP contribution < -0.4 is 0 Å². The third-order valence-corrected chi connectivity index (χ3v) is 7.43. The molecule has 0 aromatic heterocycles. The highest BCUT2D eigenvalue weighted by Crippen LogP contribution is 2.52. The zero-order valence-corrected chi connectivity index (χ0v) is 20.6. The Morgan fingerprint density at radius 3 is 2.06 bits per heavy atom. The van der Waals surface area contributed by atoms with Crippen molar-refractivity contribution in [3.63, 3.8) is 0 Å². The maximum atomic E-state index is 13.2. The molecule has 0 atom stereocenters. The second-order valence-corrected chi connectivity index (χ2v) is 10.2. The minimum absolute atomic E-state index is 0.0413. The second-order valence-electron chi connectivity index (χ2n) is 10.2. The number of carbonyl (C=O) groups excluding carboxylic acids is 2. The van der Waals surface area contributed by atoms with Crippen molar-refractivity contribution in [2.45, 2.75) is 64.1 Å². The van der Waals surface area contributed by atoms with Gasteiger partial charge in [-0.25, -0.2) is 4.79 Å². The number of rotatable bonds is 5. The Morgan fingerprint density at radius 2 is 1.62 bits per heavy atom. The molecule has 3 saturated heterocycles. The lowest BCUT2D eigenvalue weighted by molar-refractivity contribution is -0.192. The number of halogens is 3. The molecule has 0 bridgehead atoms. The minimum Gasteiger partial charge on any atom is -0.475 e. The summed E-state index contributed by atoms with van der Waals surface area (Å²) in [5, 5.41) is 7.12. The van der Waals surface area contributed by atoms with Crippen LogP contribution in [-0.4, -0.2) is 103 Å². The van der Waals surface area contributed by atoms with Crippen LogP contribution in [0.15, 0.2) is 0 Å². The smallest absolute Gasteiger partial charge is 0.475 e. The van der Waals surface area contributed by atoms with Crippen molar-refractivity contribution in [3.05, 3.63) is 0 Å². The number of aliphatic carboxylic acids is 1. The van der Waals surface area contributed by atoms with Crippen LogP contribution in [0.2, 0.25) is 0 Å². The molecule has 3 rings (SSSR count). The number of carboxylic acids is 1. The van der Waals surface area contributed by atoms with Crippen molar-refractivity contribution >= 4 is 17.8 Å². The Bertz CT molecular complexity index is 728. The van der Waals surface area contributed by atoms with Crippen LogP contribution in [0, 0.1) is 11.3 Å². The standard InChI is InChI=1S/C21H37N3O3.C2HF3O2/c1-17(2)15-18(25)24-11-7-21(8-12-24)16-20(19(26)22(21)3)5-9-23(10-6-20)13-14-27-4;3-2(4,5)1(6)7/h17H,5-16H2,1-4H3;(H,6,7). The summed E-state index contributed by atoms with van der Waals surface area (Å²) in [6.45, 7) is 9.44. The summed E-state index contributed by atoms with van der Waals surface area (Å²) in [5.41, 5.74) is -0.219. The molecular formula is C23H38F3N3O5. The number of piperidine rings is 2. The number of carboxylic acid groups (broad SMARTS) is 1. The van der Waals surface area contributed by atoms with Crippen molar-refractivity contribution < 1.29 is 37.4 Å². The molecule has 2 amide bonds. The summed E-state index contributed by atoms with van der Waals surface area (Å²) in [6, 6.07) is 0. The Labute approximate surface area is 199 Å². The van der Waals surface area contributed by atoms with Crippen LogP contribution in [0.3, 0.4) is 0 Å². The lowest BCUT2D eigenvalue weighted by Gasteiger charge is -2.44. The van der Waals surface area contributed by atoms with Gasteiger partial charge in [-0.15, -0.1) is 0 Å². The lowest BCUT2D eigenvalue weighted by Crippen LogP contribution is -2.52. The largest absolute Gasteiger partial charge is 0.490 e. The molecule has 0 aromatic carbocycles. The molecule has 0 radical (unpaired) electrons. The van der Waals surface area contributed by atoms with Gasteiger partial charge in [-0.05, 0) is 51.1 Å². The summed E-state index contributed by atoms with van der Waals surface area (Å²) in [4.78, 5) is 41.0. The third-order valence-electron chi connectivity index (χ3n) is 7.43. The first-order valence-electron chi connectivity index (χ1n) is 11.8. The molecule has 3 aliphatic heterocycles. The van der Waals surface area contributed by atoms with Crippen LogP contribution >= 0.6 is 0 Å². The van der Waals surface area contributed by atoms with E-state index in [1.54, 1.807) is 7.11 Å². The second kappa shape index (κ2) is 11.2. The fourth-order valence-corrected chi connectivity index (χ4v) is 5.37. The molecule has 3 heterocycles. The van der Waals surface area contributed by atoms with E-state index in [0.717, 1.165) is 71.4 Å². The maximum Gasteiger partial charge on any atom is 0.490 e. The van der Waals surface area contributed by atoms with Gasteiger partial charge in [-0.1, -0.05) is 13.8 Å². The van der Waals surface area contributed by atoms with E-state index in [1.807, 2.05) is 11.9 Å². The van der Waals surface area contributed by atoms with E-state index in [0.29, 0.717) is 18.2 Å². The average Bonchev–Trinajstić information content (AvgIpc) is 2.95. The van der Waals surface area contributed by atoms with E-state index in [4.69, 9.17) is 14.6 Å². The molecule has 11 heteroatoms. The molecule has 8 nitrogen and oxygen atoms in total. The highest BCUT2D eigenvalue weighted by Gasteiger charge is 2.58. The van der Waals surface area contributed by atoms with E-state index in [-0.39, 0.29) is 16.9 Å². The monoisotopic (exact) mass is 493 g/mol. The van der Waals surface area contributed by atoms with E-state index in [9.17, 15) is 22.8 Å². The summed E-state index contributed by atoms with van der Waals surface area (Å²) in [7, 11) is 3.74. The predicted octanol–water partition coefficient (Wildman–Crippen LogP) is 2.62. The molecule has 196 valence electrons. The zero-order valence-electron chi connectivity index (χ0n) is 20.6. The molecule has 1 N–H and O–H groups in total. The summed E-state index contributed by atoms with van der Waals surface area (Å²) < 4.78 is 36.9. The summed E-state index contributed by atoms with van der Waals surface area (Å²) >= 11 is 0. The number of hydrogen-bond donors (Lipinski definition) is 1. The number of hydrogen-bond acceptors (Lipinski definition) is 5. The average molecular weight is 494 g/mol. The van der Waals surface area contributed by atoms with Gasteiger partial charge in [0.05, 0.1) is 12.0 Å². The van der Waals surface area contributed by atoms with E-state index in [2.05, 4.69) is 23.6 Å². The van der Waals surface area contributed by atoms with Crippen molar-refractivity contribution in [1.29, 1.82) is 0 Å². The van der Waals surface area contributed by atoms with Crippen LogP contribution in [0.25, 0.3) is 0 Å². The molecule has 3 fully saturated rings. The van der Waals surface area contributed by atoms with Crippen LogP contribution in [0.1, 0.15) is 52.4 Å². The molecule has 0 aliphatic carbocycles. The van der Waals surface area contributed by atoms with Gasteiger partial charge in [0.15, 0.2) is 0 Å². The van der Waals surface area contributed by atoms with Gasteiger partial charge in [0.25, 0.3) is 0 Å². The Hall–Kier alpha value is -1.88. The van der Waals surface area contributed by atoms with Gasteiger partial charge in [0, 0.05) is 45.8 Å². The topological polar surface area (TPSA) is 90.4 Å².